The van der Waals surface area contributed by atoms with Gasteiger partial charge in [0.25, 0.3) is 0 Å². The van der Waals surface area contributed by atoms with Gasteiger partial charge in [-0.3, -0.25) is 0 Å². The minimum Gasteiger partial charge on any atom is -0.510 e. The number of hydrogen-bond acceptors (Lipinski definition) is 4. The maximum absolute atomic E-state index is 10.1. The van der Waals surface area contributed by atoms with Gasteiger partial charge < -0.3 is 10.8 Å². The monoisotopic (exact) mass is 168 g/mol. The van der Waals surface area contributed by atoms with Gasteiger partial charge in [-0.05, 0) is 30.1 Å². The van der Waals surface area contributed by atoms with Crippen molar-refractivity contribution in [2.45, 2.75) is 12.8 Å². The molecule has 66 valence electrons. The first-order valence-electron chi connectivity index (χ1n) is 3.91. The Morgan fingerprint density at radius 1 is 1.75 bits per heavy atom. The zero-order valence-corrected chi connectivity index (χ0v) is 6.73. The van der Waals surface area contributed by atoms with E-state index >= 15 is 0 Å². The van der Waals surface area contributed by atoms with Crippen molar-refractivity contribution in [3.8, 4) is 0 Å². The fraction of sp³-hybridized carbons (Fsp3) is 0.500. The topological polar surface area (TPSA) is 75.7 Å². The second kappa shape index (κ2) is 4.01. The smallest absolute Gasteiger partial charge is 0.145 e. The molecule has 0 radical (unpaired) electrons. The molecule has 0 heterocycles. The molecule has 0 saturated carbocycles. The third-order valence-corrected chi connectivity index (χ3v) is 1.91. The van der Waals surface area contributed by atoms with Crippen LogP contribution in [-0.4, -0.2) is 11.7 Å². The highest BCUT2D eigenvalue weighted by Crippen LogP contribution is 2.24. The molecule has 0 bridgehead atoms. The summed E-state index contributed by atoms with van der Waals surface area (Å²) in [5.41, 5.74) is 5.50. The van der Waals surface area contributed by atoms with Crippen molar-refractivity contribution < 1.29 is 5.11 Å². The van der Waals surface area contributed by atoms with Crippen molar-refractivity contribution in [1.82, 2.24) is 0 Å². The molecule has 12 heavy (non-hydrogen) atoms. The van der Waals surface area contributed by atoms with Crippen molar-refractivity contribution in [2.75, 3.05) is 6.54 Å². The Bertz CT molecular complexity index is 233. The molecular formula is C8H12N2O2. The number of nitrogens with zero attached hydrogens (tertiary/aromatic N) is 1. The Hall–Kier alpha value is -1.16. The average Bonchev–Trinajstić information content (AvgIpc) is 2.05. The first-order chi connectivity index (χ1) is 5.77. The van der Waals surface area contributed by atoms with Crippen LogP contribution in [0.1, 0.15) is 12.8 Å². The first-order valence-corrected chi connectivity index (χ1v) is 3.91. The van der Waals surface area contributed by atoms with Crippen LogP contribution in [0.5, 0.6) is 0 Å². The Morgan fingerprint density at radius 3 is 3.00 bits per heavy atom. The van der Waals surface area contributed by atoms with Crippen LogP contribution >= 0.6 is 0 Å². The van der Waals surface area contributed by atoms with Crippen LogP contribution in [0.3, 0.4) is 0 Å². The van der Waals surface area contributed by atoms with Crippen molar-refractivity contribution in [1.29, 1.82) is 0 Å². The van der Waals surface area contributed by atoms with Gasteiger partial charge in [0.05, 0.1) is 0 Å². The van der Waals surface area contributed by atoms with E-state index in [-0.39, 0.29) is 17.4 Å². The maximum Gasteiger partial charge on any atom is 0.145 e. The number of nitrogens with two attached hydrogens (primary N) is 1. The van der Waals surface area contributed by atoms with Gasteiger partial charge >= 0.3 is 0 Å². The lowest BCUT2D eigenvalue weighted by Crippen LogP contribution is -2.10. The van der Waals surface area contributed by atoms with Crippen LogP contribution in [0.4, 0.5) is 0 Å². The Balaban J connectivity index is 2.61. The Labute approximate surface area is 70.7 Å². The van der Waals surface area contributed by atoms with E-state index in [1.165, 1.54) is 0 Å². The molecular weight excluding hydrogens is 156 g/mol. The Kier molecular flexibility index (Phi) is 2.99. The highest BCUT2D eigenvalue weighted by molar-refractivity contribution is 5.25. The summed E-state index contributed by atoms with van der Waals surface area (Å²) in [6.45, 7) is 0.589. The quantitative estimate of drug-likeness (QED) is 0.626. The van der Waals surface area contributed by atoms with Gasteiger partial charge in [0.2, 0.25) is 0 Å². The summed E-state index contributed by atoms with van der Waals surface area (Å²) >= 11 is 0. The number of hydrogen-bond donors (Lipinski definition) is 2. The summed E-state index contributed by atoms with van der Waals surface area (Å²) in [5, 5.41) is 11.9. The van der Waals surface area contributed by atoms with Crippen LogP contribution in [0.15, 0.2) is 28.8 Å². The van der Waals surface area contributed by atoms with Crippen LogP contribution < -0.4 is 5.73 Å². The molecule has 1 rings (SSSR count). The lowest BCUT2D eigenvalue weighted by molar-refractivity contribution is 0.353. The minimum atomic E-state index is 0.0750. The predicted molar refractivity (Wildman–Crippen MR) is 46.4 cm³/mol. The summed E-state index contributed by atoms with van der Waals surface area (Å²) in [7, 11) is 0. The Morgan fingerprint density at radius 2 is 2.50 bits per heavy atom. The molecule has 4 heteroatoms. The first kappa shape index (κ1) is 8.93. The standard InChI is InChI=1S/C8H12N2O2/c9-4-3-6-1-2-7(10-12)8(11)5-6/h1-2,6,11H,3-5,9H2. The maximum atomic E-state index is 10.1. The van der Waals surface area contributed by atoms with Crippen LogP contribution in [0.2, 0.25) is 0 Å². The van der Waals surface area contributed by atoms with Crippen molar-refractivity contribution in [3.05, 3.63) is 28.5 Å². The van der Waals surface area contributed by atoms with Crippen LogP contribution in [-0.2, 0) is 0 Å². The van der Waals surface area contributed by atoms with Crippen molar-refractivity contribution in [3.63, 3.8) is 0 Å². The van der Waals surface area contributed by atoms with Gasteiger partial charge in [-0.25, -0.2) is 0 Å². The van der Waals surface area contributed by atoms with E-state index in [1.807, 2.05) is 6.08 Å². The van der Waals surface area contributed by atoms with E-state index in [2.05, 4.69) is 5.18 Å². The molecule has 0 aromatic rings. The molecule has 0 aromatic carbocycles. The molecule has 3 N–H and O–H groups in total. The molecule has 1 unspecified atom stereocenters. The molecule has 0 aromatic heterocycles. The number of nitroso groups, excluding NO2 is 1. The second-order valence-corrected chi connectivity index (χ2v) is 2.82. The largest absolute Gasteiger partial charge is 0.510 e. The van der Waals surface area contributed by atoms with Gasteiger partial charge in [0.1, 0.15) is 11.5 Å². The van der Waals surface area contributed by atoms with E-state index < -0.39 is 0 Å². The average molecular weight is 168 g/mol. The van der Waals surface area contributed by atoms with Crippen LogP contribution in [0.25, 0.3) is 0 Å². The summed E-state index contributed by atoms with van der Waals surface area (Å²) in [4.78, 5) is 10.1. The van der Waals surface area contributed by atoms with Crippen molar-refractivity contribution >= 4 is 0 Å². The molecule has 1 atom stereocenters. The SMILES string of the molecule is NCCC1C=CC(N=O)=C(O)C1. The van der Waals surface area contributed by atoms with E-state index in [0.717, 1.165) is 6.42 Å². The molecule has 0 aliphatic heterocycles. The lowest BCUT2D eigenvalue weighted by atomic mass is 9.95. The van der Waals surface area contributed by atoms with E-state index in [1.54, 1.807) is 6.08 Å². The fourth-order valence-electron chi connectivity index (χ4n) is 1.24. The molecule has 0 amide bonds. The minimum absolute atomic E-state index is 0.0750. The molecule has 1 aliphatic carbocycles. The molecule has 4 nitrogen and oxygen atoms in total. The predicted octanol–water partition coefficient (Wildman–Crippen LogP) is 1.45. The summed E-state index contributed by atoms with van der Waals surface area (Å²) in [6.07, 6.45) is 4.72. The van der Waals surface area contributed by atoms with Gasteiger partial charge in [-0.1, -0.05) is 6.08 Å². The third kappa shape index (κ3) is 1.92. The number of aliphatic hydroxyl groups is 1. The summed E-state index contributed by atoms with van der Waals surface area (Å²) < 4.78 is 0. The third-order valence-electron chi connectivity index (χ3n) is 1.91. The summed E-state index contributed by atoms with van der Waals surface area (Å²) in [5.74, 6) is 0.325. The highest BCUT2D eigenvalue weighted by atomic mass is 16.3. The van der Waals surface area contributed by atoms with Gasteiger partial charge in [-0.15, -0.1) is 4.91 Å². The number of aliphatic hydroxyl groups excluding tert-OH is 1. The zero-order chi connectivity index (χ0) is 8.97. The normalized spacial score (nSPS) is 22.9. The molecule has 0 fully saturated rings. The van der Waals surface area contributed by atoms with E-state index in [4.69, 9.17) is 5.73 Å². The molecule has 1 aliphatic rings. The molecule has 0 saturated heterocycles. The van der Waals surface area contributed by atoms with E-state index in [0.29, 0.717) is 13.0 Å². The second-order valence-electron chi connectivity index (χ2n) is 2.82. The van der Waals surface area contributed by atoms with Gasteiger partial charge in [0, 0.05) is 6.42 Å². The number of allylic oxidation sites excluding steroid dienone is 3. The lowest BCUT2D eigenvalue weighted by Gasteiger charge is -2.14. The molecule has 0 spiro atoms. The van der Waals surface area contributed by atoms with Crippen LogP contribution in [0, 0.1) is 10.8 Å². The highest BCUT2D eigenvalue weighted by Gasteiger charge is 2.15. The summed E-state index contributed by atoms with van der Waals surface area (Å²) in [6, 6.07) is 0. The van der Waals surface area contributed by atoms with Crippen molar-refractivity contribution in [2.24, 2.45) is 16.8 Å². The van der Waals surface area contributed by atoms with Gasteiger partial charge in [-0.2, -0.15) is 0 Å². The number of rotatable bonds is 3. The van der Waals surface area contributed by atoms with E-state index in [9.17, 15) is 10.0 Å². The van der Waals surface area contributed by atoms with Gasteiger partial charge in [0.15, 0.2) is 0 Å². The fourth-order valence-corrected chi connectivity index (χ4v) is 1.24. The zero-order valence-electron chi connectivity index (χ0n) is 6.73.